The molecule has 0 saturated carbocycles. The zero-order valence-electron chi connectivity index (χ0n) is 9.68. The van der Waals surface area contributed by atoms with Crippen molar-refractivity contribution in [1.29, 1.82) is 0 Å². The van der Waals surface area contributed by atoms with E-state index in [0.29, 0.717) is 5.82 Å². The highest BCUT2D eigenvalue weighted by Crippen LogP contribution is 2.12. The van der Waals surface area contributed by atoms with Crippen molar-refractivity contribution in [3.05, 3.63) is 54.0 Å². The lowest BCUT2D eigenvalue weighted by Crippen LogP contribution is -2.17. The fraction of sp³-hybridized carbons (Fsp3) is 0.0769. The van der Waals surface area contributed by atoms with Crippen molar-refractivity contribution in [2.45, 2.75) is 6.92 Å². The van der Waals surface area contributed by atoms with E-state index in [1.165, 1.54) is 24.3 Å². The lowest BCUT2D eigenvalue weighted by Gasteiger charge is -2.06. The Bertz CT molecular complexity index is 555. The van der Waals surface area contributed by atoms with Gasteiger partial charge in [0, 0.05) is 6.20 Å². The lowest BCUT2D eigenvalue weighted by molar-refractivity contribution is 0.215. The molecule has 4 nitrogen and oxygen atoms in total. The van der Waals surface area contributed by atoms with E-state index in [-0.39, 0.29) is 11.6 Å². The van der Waals surface area contributed by atoms with Gasteiger partial charge in [0.2, 0.25) is 0 Å². The first-order chi connectivity index (χ1) is 8.63. The molecule has 0 unspecified atom stereocenters. The molecule has 1 heterocycles. The van der Waals surface area contributed by atoms with Crippen LogP contribution in [0.4, 0.5) is 15.0 Å². The molecule has 0 atom stereocenters. The van der Waals surface area contributed by atoms with Crippen LogP contribution in [0.25, 0.3) is 0 Å². The van der Waals surface area contributed by atoms with Crippen LogP contribution in [0.3, 0.4) is 0 Å². The molecule has 0 saturated heterocycles. The number of anilines is 1. The Balaban J connectivity index is 1.98. The number of hydrogen-bond donors (Lipinski definition) is 1. The first-order valence-electron chi connectivity index (χ1n) is 5.30. The molecule has 92 valence electrons. The summed E-state index contributed by atoms with van der Waals surface area (Å²) in [6, 6.07) is 8.71. The Morgan fingerprint density at radius 3 is 2.67 bits per heavy atom. The Hall–Kier alpha value is -2.43. The SMILES string of the molecule is Cc1ccnc(NC(=O)Oc2ccc(F)cc2)c1. The van der Waals surface area contributed by atoms with Gasteiger partial charge in [-0.2, -0.15) is 0 Å². The minimum atomic E-state index is -0.667. The van der Waals surface area contributed by atoms with E-state index in [4.69, 9.17) is 4.74 Å². The summed E-state index contributed by atoms with van der Waals surface area (Å²) in [6.45, 7) is 1.89. The number of nitrogens with zero attached hydrogens (tertiary/aromatic N) is 1. The zero-order valence-corrected chi connectivity index (χ0v) is 9.68. The second-order valence-electron chi connectivity index (χ2n) is 3.69. The van der Waals surface area contributed by atoms with Crippen molar-refractivity contribution in [2.75, 3.05) is 5.32 Å². The van der Waals surface area contributed by atoms with Crippen LogP contribution < -0.4 is 10.1 Å². The van der Waals surface area contributed by atoms with Crippen LogP contribution in [0.2, 0.25) is 0 Å². The molecular formula is C13H11FN2O2. The molecule has 0 radical (unpaired) electrons. The van der Waals surface area contributed by atoms with Gasteiger partial charge in [-0.05, 0) is 48.9 Å². The summed E-state index contributed by atoms with van der Waals surface area (Å²) in [7, 11) is 0. The summed E-state index contributed by atoms with van der Waals surface area (Å²) in [5, 5.41) is 2.48. The van der Waals surface area contributed by atoms with Crippen LogP contribution in [-0.4, -0.2) is 11.1 Å². The highest BCUT2D eigenvalue weighted by Gasteiger charge is 2.05. The molecular weight excluding hydrogens is 235 g/mol. The van der Waals surface area contributed by atoms with E-state index < -0.39 is 6.09 Å². The van der Waals surface area contributed by atoms with Gasteiger partial charge in [0.15, 0.2) is 0 Å². The molecule has 1 aromatic carbocycles. The van der Waals surface area contributed by atoms with Gasteiger partial charge in [0.1, 0.15) is 17.4 Å². The molecule has 1 aromatic heterocycles. The second kappa shape index (κ2) is 5.27. The third kappa shape index (κ3) is 3.28. The second-order valence-corrected chi connectivity index (χ2v) is 3.69. The lowest BCUT2D eigenvalue weighted by atomic mass is 10.3. The average molecular weight is 246 g/mol. The number of pyridine rings is 1. The standard InChI is InChI=1S/C13H11FN2O2/c1-9-6-7-15-12(8-9)16-13(17)18-11-4-2-10(14)3-5-11/h2-8H,1H3,(H,15,16,17). The molecule has 0 aliphatic carbocycles. The number of nitrogens with one attached hydrogen (secondary N) is 1. The Morgan fingerprint density at radius 2 is 2.00 bits per heavy atom. The van der Waals surface area contributed by atoms with E-state index in [2.05, 4.69) is 10.3 Å². The number of carbonyl (C=O) groups excluding carboxylic acids is 1. The van der Waals surface area contributed by atoms with Crippen molar-refractivity contribution in [1.82, 2.24) is 4.98 Å². The molecule has 0 aliphatic rings. The van der Waals surface area contributed by atoms with E-state index in [0.717, 1.165) is 5.56 Å². The largest absolute Gasteiger partial charge is 0.418 e. The molecule has 0 spiro atoms. The van der Waals surface area contributed by atoms with Crippen molar-refractivity contribution in [3.8, 4) is 5.75 Å². The van der Waals surface area contributed by atoms with E-state index in [9.17, 15) is 9.18 Å². The number of hydrogen-bond acceptors (Lipinski definition) is 3. The summed E-state index contributed by atoms with van der Waals surface area (Å²) in [5.41, 5.74) is 0.974. The van der Waals surface area contributed by atoms with Crippen LogP contribution >= 0.6 is 0 Å². The van der Waals surface area contributed by atoms with Crippen LogP contribution in [0, 0.1) is 12.7 Å². The fourth-order valence-corrected chi connectivity index (χ4v) is 1.34. The Morgan fingerprint density at radius 1 is 1.28 bits per heavy atom. The van der Waals surface area contributed by atoms with Crippen LogP contribution in [-0.2, 0) is 0 Å². The van der Waals surface area contributed by atoms with E-state index in [1.54, 1.807) is 12.3 Å². The average Bonchev–Trinajstić information content (AvgIpc) is 2.32. The van der Waals surface area contributed by atoms with Gasteiger partial charge in [-0.3, -0.25) is 5.32 Å². The molecule has 2 aromatic rings. The molecule has 0 fully saturated rings. The molecule has 1 N–H and O–H groups in total. The smallest absolute Gasteiger partial charge is 0.410 e. The number of benzene rings is 1. The number of ether oxygens (including phenoxy) is 1. The van der Waals surface area contributed by atoms with Crippen molar-refractivity contribution < 1.29 is 13.9 Å². The highest BCUT2D eigenvalue weighted by molar-refractivity contribution is 5.85. The van der Waals surface area contributed by atoms with Crippen molar-refractivity contribution in [2.24, 2.45) is 0 Å². The quantitative estimate of drug-likeness (QED) is 0.885. The predicted molar refractivity (Wildman–Crippen MR) is 65.0 cm³/mol. The number of rotatable bonds is 2. The van der Waals surface area contributed by atoms with Gasteiger partial charge in [-0.15, -0.1) is 0 Å². The van der Waals surface area contributed by atoms with Gasteiger partial charge >= 0.3 is 6.09 Å². The van der Waals surface area contributed by atoms with Gasteiger partial charge < -0.3 is 4.74 Å². The van der Waals surface area contributed by atoms with Gasteiger partial charge in [-0.25, -0.2) is 14.2 Å². The maximum absolute atomic E-state index is 12.6. The maximum Gasteiger partial charge on any atom is 0.418 e. The van der Waals surface area contributed by atoms with Crippen LogP contribution in [0.1, 0.15) is 5.56 Å². The minimum absolute atomic E-state index is 0.265. The number of amides is 1. The van der Waals surface area contributed by atoms with E-state index in [1.807, 2.05) is 13.0 Å². The van der Waals surface area contributed by atoms with Crippen molar-refractivity contribution >= 4 is 11.9 Å². The van der Waals surface area contributed by atoms with Crippen LogP contribution in [0.15, 0.2) is 42.6 Å². The Kier molecular flexibility index (Phi) is 3.52. The first-order valence-corrected chi connectivity index (χ1v) is 5.30. The van der Waals surface area contributed by atoms with E-state index >= 15 is 0 Å². The molecule has 5 heteroatoms. The van der Waals surface area contributed by atoms with Gasteiger partial charge in [-0.1, -0.05) is 0 Å². The predicted octanol–water partition coefficient (Wildman–Crippen LogP) is 3.14. The summed E-state index contributed by atoms with van der Waals surface area (Å²) < 4.78 is 17.6. The summed E-state index contributed by atoms with van der Waals surface area (Å²) in [6.07, 6.45) is 0.919. The first kappa shape index (κ1) is 12.0. The normalized spacial score (nSPS) is 9.89. The van der Waals surface area contributed by atoms with Crippen LogP contribution in [0.5, 0.6) is 5.75 Å². The fourth-order valence-electron chi connectivity index (χ4n) is 1.34. The number of aryl methyl sites for hydroxylation is 1. The topological polar surface area (TPSA) is 51.2 Å². The number of aromatic nitrogens is 1. The zero-order chi connectivity index (χ0) is 13.0. The van der Waals surface area contributed by atoms with Crippen molar-refractivity contribution in [3.63, 3.8) is 0 Å². The molecule has 2 rings (SSSR count). The number of carbonyl (C=O) groups is 1. The third-order valence-electron chi connectivity index (χ3n) is 2.17. The summed E-state index contributed by atoms with van der Waals surface area (Å²) in [5.74, 6) is 0.284. The summed E-state index contributed by atoms with van der Waals surface area (Å²) >= 11 is 0. The molecule has 18 heavy (non-hydrogen) atoms. The molecule has 0 bridgehead atoms. The Labute approximate surface area is 103 Å². The number of halogens is 1. The van der Waals surface area contributed by atoms with Gasteiger partial charge in [0.25, 0.3) is 0 Å². The highest BCUT2D eigenvalue weighted by atomic mass is 19.1. The maximum atomic E-state index is 12.6. The molecule has 1 amide bonds. The van der Waals surface area contributed by atoms with Gasteiger partial charge in [0.05, 0.1) is 0 Å². The minimum Gasteiger partial charge on any atom is -0.410 e. The molecule has 0 aliphatic heterocycles. The monoisotopic (exact) mass is 246 g/mol. The third-order valence-corrected chi connectivity index (χ3v) is 2.17. The summed E-state index contributed by atoms with van der Waals surface area (Å²) in [4.78, 5) is 15.5.